The molecule has 0 aromatic heterocycles. The second-order valence-corrected chi connectivity index (χ2v) is 13.7. The first-order valence-electron chi connectivity index (χ1n) is 19.5. The number of aliphatic hydroxyl groups is 1. The predicted molar refractivity (Wildman–Crippen MR) is 191 cm³/mol. The number of carbonyl (C=O) groups excluding carboxylic acids is 2. The largest absolute Gasteiger partial charge is 0.462 e. The van der Waals surface area contributed by atoms with Crippen molar-refractivity contribution in [1.82, 2.24) is 4.90 Å². The van der Waals surface area contributed by atoms with E-state index < -0.39 is 0 Å². The van der Waals surface area contributed by atoms with Crippen molar-refractivity contribution in [3.63, 3.8) is 0 Å². The molecule has 1 N–H and O–H groups in total. The zero-order valence-electron chi connectivity index (χ0n) is 30.6. The average molecular weight is 640 g/mol. The number of aliphatic hydroxyl groups excluding tert-OH is 1. The highest BCUT2D eigenvalue weighted by Crippen LogP contribution is 2.23. The molecule has 268 valence electrons. The van der Waals surface area contributed by atoms with Crippen LogP contribution < -0.4 is 0 Å². The van der Waals surface area contributed by atoms with E-state index in [1.165, 1.54) is 96.3 Å². The quantitative estimate of drug-likeness (QED) is 0.0479. The molecule has 2 unspecified atom stereocenters. The third-order valence-electron chi connectivity index (χ3n) is 9.39. The Labute approximate surface area is 280 Å². The number of nitrogens with zero attached hydrogens (tertiary/aromatic N) is 1. The number of ether oxygens (including phenoxy) is 2. The van der Waals surface area contributed by atoms with Gasteiger partial charge in [-0.2, -0.15) is 0 Å². The molecule has 0 radical (unpaired) electrons. The molecule has 6 heteroatoms. The molecule has 6 nitrogen and oxygen atoms in total. The van der Waals surface area contributed by atoms with Crippen molar-refractivity contribution in [1.29, 1.82) is 0 Å². The van der Waals surface area contributed by atoms with E-state index in [1.54, 1.807) is 7.11 Å². The molecular weight excluding hydrogens is 562 g/mol. The Bertz CT molecular complexity index is 617. The number of aldehydes is 1. The van der Waals surface area contributed by atoms with Crippen molar-refractivity contribution in [3.05, 3.63) is 0 Å². The van der Waals surface area contributed by atoms with Crippen LogP contribution in [0.25, 0.3) is 0 Å². The molecule has 1 fully saturated rings. The van der Waals surface area contributed by atoms with Crippen LogP contribution in [-0.4, -0.2) is 68.3 Å². The van der Waals surface area contributed by atoms with Gasteiger partial charge in [-0.15, -0.1) is 0 Å². The lowest BCUT2D eigenvalue weighted by Gasteiger charge is -2.31. The van der Waals surface area contributed by atoms with Crippen molar-refractivity contribution in [2.24, 2.45) is 11.8 Å². The second-order valence-electron chi connectivity index (χ2n) is 13.7. The summed E-state index contributed by atoms with van der Waals surface area (Å²) in [4.78, 5) is 25.5. The van der Waals surface area contributed by atoms with Crippen LogP contribution in [0.15, 0.2) is 0 Å². The van der Waals surface area contributed by atoms with Crippen LogP contribution in [-0.2, 0) is 19.1 Å². The average Bonchev–Trinajstić information content (AvgIpc) is 3.04. The summed E-state index contributed by atoms with van der Waals surface area (Å²) >= 11 is 0. The summed E-state index contributed by atoms with van der Waals surface area (Å²) < 4.78 is 11.2. The number of rotatable bonds is 30. The number of esters is 1. The van der Waals surface area contributed by atoms with Crippen LogP contribution in [0.4, 0.5) is 0 Å². The predicted octanol–water partition coefficient (Wildman–Crippen LogP) is 10.1. The Kier molecular flexibility index (Phi) is 33.6. The van der Waals surface area contributed by atoms with Crippen molar-refractivity contribution in [2.75, 3.05) is 40.0 Å². The van der Waals surface area contributed by atoms with Crippen molar-refractivity contribution < 1.29 is 24.2 Å². The van der Waals surface area contributed by atoms with Crippen molar-refractivity contribution in [2.45, 2.75) is 187 Å². The van der Waals surface area contributed by atoms with Gasteiger partial charge in [0, 0.05) is 39.7 Å². The minimum atomic E-state index is 0.00983. The summed E-state index contributed by atoms with van der Waals surface area (Å²) in [5.41, 5.74) is 0. The van der Waals surface area contributed by atoms with Crippen molar-refractivity contribution in [3.8, 4) is 0 Å². The summed E-state index contributed by atoms with van der Waals surface area (Å²) in [6, 6.07) is 0. The van der Waals surface area contributed by atoms with Crippen LogP contribution in [0.1, 0.15) is 181 Å². The fourth-order valence-corrected chi connectivity index (χ4v) is 6.52. The smallest absolute Gasteiger partial charge is 0.306 e. The minimum Gasteiger partial charge on any atom is -0.462 e. The van der Waals surface area contributed by atoms with Crippen LogP contribution >= 0.6 is 0 Å². The Morgan fingerprint density at radius 2 is 1.33 bits per heavy atom. The number of unbranched alkanes of at least 4 members (excludes halogenated alkanes) is 13. The summed E-state index contributed by atoms with van der Waals surface area (Å²) in [7, 11) is 1.80. The topological polar surface area (TPSA) is 76.1 Å². The molecule has 1 aliphatic heterocycles. The van der Waals surface area contributed by atoms with Gasteiger partial charge in [0.15, 0.2) is 0 Å². The van der Waals surface area contributed by atoms with E-state index in [-0.39, 0.29) is 18.7 Å². The van der Waals surface area contributed by atoms with Gasteiger partial charge >= 0.3 is 5.97 Å². The van der Waals surface area contributed by atoms with Gasteiger partial charge in [0.25, 0.3) is 0 Å². The normalized spacial score (nSPS) is 15.3. The molecule has 1 aliphatic rings. The van der Waals surface area contributed by atoms with Gasteiger partial charge in [-0.3, -0.25) is 4.79 Å². The van der Waals surface area contributed by atoms with E-state index in [4.69, 9.17) is 14.6 Å². The molecule has 1 heterocycles. The van der Waals surface area contributed by atoms with Crippen LogP contribution in [0.2, 0.25) is 0 Å². The van der Waals surface area contributed by atoms with E-state index in [9.17, 15) is 9.59 Å². The number of likely N-dealkylation sites (tertiary alicyclic amines) is 1. The lowest BCUT2D eigenvalue weighted by molar-refractivity contribution is -0.151. The van der Waals surface area contributed by atoms with E-state index >= 15 is 0 Å². The van der Waals surface area contributed by atoms with Gasteiger partial charge in [-0.25, -0.2) is 0 Å². The SMILES string of the molecule is CCCCC(CCC)COC.CCCCCCCCCC(CCCCCCCCC=O)OC(=O)CC1CCN(CCCO)CC1. The summed E-state index contributed by atoms with van der Waals surface area (Å²) in [6.45, 7) is 11.0. The molecule has 45 heavy (non-hydrogen) atoms. The second kappa shape index (κ2) is 34.4. The highest BCUT2D eigenvalue weighted by molar-refractivity contribution is 5.69. The summed E-state index contributed by atoms with van der Waals surface area (Å²) in [5, 5.41) is 9.01. The third-order valence-corrected chi connectivity index (χ3v) is 9.39. The molecule has 1 saturated heterocycles. The Hall–Kier alpha value is -0.980. The van der Waals surface area contributed by atoms with E-state index in [0.29, 0.717) is 18.8 Å². The molecule has 1 rings (SSSR count). The van der Waals surface area contributed by atoms with Gasteiger partial charge < -0.3 is 24.3 Å². The van der Waals surface area contributed by atoms with E-state index in [2.05, 4.69) is 25.7 Å². The number of methoxy groups -OCH3 is 1. The highest BCUT2D eigenvalue weighted by Gasteiger charge is 2.23. The molecule has 0 saturated carbocycles. The Balaban J connectivity index is 0.00000149. The van der Waals surface area contributed by atoms with Gasteiger partial charge in [-0.1, -0.05) is 104 Å². The maximum Gasteiger partial charge on any atom is 0.306 e. The number of hydrogen-bond acceptors (Lipinski definition) is 6. The monoisotopic (exact) mass is 640 g/mol. The van der Waals surface area contributed by atoms with Crippen LogP contribution in [0.3, 0.4) is 0 Å². The standard InChI is InChI=1S/C29H55NO4.C10H22O/c1-2-3-4-5-7-10-13-17-28(18-14-11-8-6-9-12-15-24-31)34-29(33)26-27-19-22-30(23-20-27)21-16-25-32;1-4-6-8-10(7-5-2)9-11-3/h24,27-28,32H,2-23,25-26H2,1H3;10H,4-9H2,1-3H3. The number of hydrogen-bond donors (Lipinski definition) is 1. The van der Waals surface area contributed by atoms with Gasteiger partial charge in [-0.05, 0) is 89.1 Å². The molecule has 0 spiro atoms. The number of piperidine rings is 1. The first-order chi connectivity index (χ1) is 22.0. The first-order valence-corrected chi connectivity index (χ1v) is 19.5. The molecule has 0 bridgehead atoms. The fraction of sp³-hybridized carbons (Fsp3) is 0.949. The minimum absolute atomic E-state index is 0.00983. The molecule has 0 amide bonds. The first kappa shape index (κ1) is 44.0. The number of carbonyl (C=O) groups is 2. The zero-order valence-corrected chi connectivity index (χ0v) is 30.6. The molecule has 0 aromatic carbocycles. The summed E-state index contributed by atoms with van der Waals surface area (Å²) in [5.74, 6) is 1.27. The molecule has 2 atom stereocenters. The van der Waals surface area contributed by atoms with Crippen LogP contribution in [0, 0.1) is 11.8 Å². The van der Waals surface area contributed by atoms with Crippen molar-refractivity contribution >= 4 is 12.3 Å². The lowest BCUT2D eigenvalue weighted by Crippen LogP contribution is -2.35. The maximum atomic E-state index is 12.7. The fourth-order valence-electron chi connectivity index (χ4n) is 6.52. The van der Waals surface area contributed by atoms with E-state index in [0.717, 1.165) is 89.8 Å². The molecular formula is C39H77NO5. The van der Waals surface area contributed by atoms with Gasteiger partial charge in [0.2, 0.25) is 0 Å². The van der Waals surface area contributed by atoms with Gasteiger partial charge in [0.05, 0.1) is 0 Å². The third kappa shape index (κ3) is 28.9. The van der Waals surface area contributed by atoms with Gasteiger partial charge in [0.1, 0.15) is 12.4 Å². The Morgan fingerprint density at radius 3 is 1.87 bits per heavy atom. The Morgan fingerprint density at radius 1 is 0.756 bits per heavy atom. The van der Waals surface area contributed by atoms with E-state index in [1.807, 2.05) is 0 Å². The highest BCUT2D eigenvalue weighted by atomic mass is 16.5. The maximum absolute atomic E-state index is 12.7. The zero-order chi connectivity index (χ0) is 33.2. The molecule has 0 aliphatic carbocycles. The lowest BCUT2D eigenvalue weighted by atomic mass is 9.93. The molecule has 0 aromatic rings. The van der Waals surface area contributed by atoms with Crippen LogP contribution in [0.5, 0.6) is 0 Å². The summed E-state index contributed by atoms with van der Waals surface area (Å²) in [6.07, 6.45) is 29.9.